The molecule has 0 spiro atoms. The molecule has 0 aliphatic carbocycles. The molecule has 0 fully saturated rings. The number of quaternary nitrogens is 1. The van der Waals surface area contributed by atoms with Crippen LogP contribution in [0.2, 0.25) is 0 Å². The average molecular weight is 452 g/mol. The molecule has 0 saturated heterocycles. The summed E-state index contributed by atoms with van der Waals surface area (Å²) in [4.78, 5) is 0. The molecule has 0 aliphatic rings. The SMILES string of the molecule is CC[N+](N)(CC)CC.[Cl][Sb-]([Cl])([Cl])([Cl])([Cl])[Cl]. The molecule has 0 aliphatic heterocycles. The van der Waals surface area contributed by atoms with Crippen LogP contribution in [0.4, 0.5) is 0 Å². The van der Waals surface area contributed by atoms with Crippen LogP contribution in [0.5, 0.6) is 0 Å². The molecule has 0 rings (SSSR count). The van der Waals surface area contributed by atoms with Crippen molar-refractivity contribution >= 4 is 62.1 Å². The predicted molar refractivity (Wildman–Crippen MR) is 76.9 cm³/mol. The van der Waals surface area contributed by atoms with E-state index in [1.165, 1.54) is 0 Å². The summed E-state index contributed by atoms with van der Waals surface area (Å²) in [6.07, 6.45) is 0. The summed E-state index contributed by atoms with van der Waals surface area (Å²) < 4.78 is 0.708. The molecular weight excluding hydrogens is 435 g/mol. The Bertz CT molecular complexity index is 173. The van der Waals surface area contributed by atoms with Crippen LogP contribution in [-0.2, 0) is 0 Å². The van der Waals surface area contributed by atoms with Crippen molar-refractivity contribution < 1.29 is 4.59 Å². The maximum absolute atomic E-state index is 5.83. The van der Waals surface area contributed by atoms with Crippen LogP contribution >= 0.6 is 53.0 Å². The van der Waals surface area contributed by atoms with Crippen LogP contribution in [0.15, 0.2) is 0 Å². The second-order valence-electron chi connectivity index (χ2n) is 3.13. The predicted octanol–water partition coefficient (Wildman–Crippen LogP) is 4.49. The van der Waals surface area contributed by atoms with Gasteiger partial charge in [0.25, 0.3) is 0 Å². The molecule has 0 bridgehead atoms. The van der Waals surface area contributed by atoms with Crippen LogP contribution in [0, 0.1) is 0 Å². The zero-order valence-electron chi connectivity index (χ0n) is 8.86. The fourth-order valence-corrected chi connectivity index (χ4v) is 0.671. The summed E-state index contributed by atoms with van der Waals surface area (Å²) in [5.41, 5.74) is 0. The van der Waals surface area contributed by atoms with Crippen molar-refractivity contribution in [1.29, 1.82) is 0 Å². The molecule has 0 atom stereocenters. The zero-order valence-corrected chi connectivity index (χ0v) is 15.9. The van der Waals surface area contributed by atoms with E-state index in [1.54, 1.807) is 0 Å². The minimum absolute atomic E-state index is 0.708. The Balaban J connectivity index is 0. The first-order valence-corrected chi connectivity index (χ1v) is 23.7. The molecule has 98 valence electrons. The normalized spacial score (nSPS) is 17.2. The Morgan fingerprint density at radius 3 is 0.933 bits per heavy atom. The Kier molecular flexibility index (Phi) is 7.44. The summed E-state index contributed by atoms with van der Waals surface area (Å²) in [6.45, 7) is 9.46. The fraction of sp³-hybridized carbons (Fsp3) is 1.00. The first-order valence-electron chi connectivity index (χ1n) is 4.34. The Hall–Kier alpha value is 2.48. The second kappa shape index (κ2) is 5.63. The van der Waals surface area contributed by atoms with E-state index in [4.69, 9.17) is 58.8 Å². The summed E-state index contributed by atoms with van der Waals surface area (Å²) in [5, 5.41) is 0. The van der Waals surface area contributed by atoms with Gasteiger partial charge in [0.15, 0.2) is 0 Å². The van der Waals surface area contributed by atoms with E-state index >= 15 is 0 Å². The number of hydrogen-bond donors (Lipinski definition) is 1. The molecule has 0 aromatic carbocycles. The van der Waals surface area contributed by atoms with Crippen LogP contribution in [0.3, 0.4) is 0 Å². The maximum atomic E-state index is 5.83. The van der Waals surface area contributed by atoms with Gasteiger partial charge in [-0.3, -0.25) is 0 Å². The molecule has 0 radical (unpaired) electrons. The summed E-state index contributed by atoms with van der Waals surface area (Å²) in [7, 11) is 25.0. The molecule has 0 saturated carbocycles. The monoisotopic (exact) mass is 448 g/mol. The Morgan fingerprint density at radius 1 is 0.800 bits per heavy atom. The molecule has 0 amide bonds. The van der Waals surface area contributed by atoms with Crippen molar-refractivity contribution in [3.63, 3.8) is 0 Å². The van der Waals surface area contributed by atoms with Gasteiger partial charge >= 0.3 is 62.1 Å². The molecule has 2 N–H and O–H groups in total. The third-order valence-electron chi connectivity index (χ3n) is 1.89. The molecule has 2 nitrogen and oxygen atoms in total. The van der Waals surface area contributed by atoms with Crippen molar-refractivity contribution in [2.75, 3.05) is 19.6 Å². The van der Waals surface area contributed by atoms with Gasteiger partial charge in [-0.2, -0.15) is 5.84 Å². The van der Waals surface area contributed by atoms with Gasteiger partial charge in [-0.15, -0.1) is 0 Å². The average Bonchev–Trinajstić information content (AvgIpc) is 1.97. The van der Waals surface area contributed by atoms with Crippen LogP contribution in [-0.4, -0.2) is 33.4 Å². The van der Waals surface area contributed by atoms with Crippen molar-refractivity contribution in [1.82, 2.24) is 0 Å². The van der Waals surface area contributed by atoms with E-state index in [0.717, 1.165) is 19.6 Å². The topological polar surface area (TPSA) is 26.0 Å². The Labute approximate surface area is 112 Å². The van der Waals surface area contributed by atoms with E-state index in [9.17, 15) is 0 Å². The summed E-state index contributed by atoms with van der Waals surface area (Å²) in [6, 6.07) is 0. The van der Waals surface area contributed by atoms with Crippen molar-refractivity contribution in [3.05, 3.63) is 0 Å². The quantitative estimate of drug-likeness (QED) is 0.291. The first-order chi connectivity index (χ1) is 6.13. The number of halogens is 6. The zero-order chi connectivity index (χ0) is 13.0. The van der Waals surface area contributed by atoms with Gasteiger partial charge in [0, 0.05) is 0 Å². The van der Waals surface area contributed by atoms with Crippen molar-refractivity contribution in [2.45, 2.75) is 20.8 Å². The van der Waals surface area contributed by atoms with Crippen LogP contribution in [0.25, 0.3) is 0 Å². The number of nitrogens with zero attached hydrogens (tertiary/aromatic N) is 1. The fourth-order valence-electron chi connectivity index (χ4n) is 0.671. The molecular formula is C6H17Cl6N2Sb. The van der Waals surface area contributed by atoms with Gasteiger partial charge in [-0.05, 0) is 20.8 Å². The number of rotatable bonds is 3. The second-order valence-corrected chi connectivity index (χ2v) is 60.0. The van der Waals surface area contributed by atoms with Gasteiger partial charge < -0.3 is 0 Å². The van der Waals surface area contributed by atoms with Crippen molar-refractivity contribution in [2.24, 2.45) is 5.84 Å². The van der Waals surface area contributed by atoms with E-state index in [0.29, 0.717) is 4.59 Å². The van der Waals surface area contributed by atoms with Crippen LogP contribution in [0.1, 0.15) is 20.8 Å². The summed E-state index contributed by atoms with van der Waals surface area (Å²) in [5.74, 6) is 5.83. The van der Waals surface area contributed by atoms with Crippen LogP contribution < -0.4 is 5.84 Å². The number of hydrogen-bond acceptors (Lipinski definition) is 1. The molecule has 0 heterocycles. The summed E-state index contributed by atoms with van der Waals surface area (Å²) >= 11 is 0. The van der Waals surface area contributed by atoms with E-state index in [-0.39, 0.29) is 0 Å². The third kappa shape index (κ3) is 26.2. The van der Waals surface area contributed by atoms with E-state index in [2.05, 4.69) is 20.8 Å². The van der Waals surface area contributed by atoms with Gasteiger partial charge in [-0.25, -0.2) is 4.59 Å². The van der Waals surface area contributed by atoms with Crippen molar-refractivity contribution in [3.8, 4) is 0 Å². The van der Waals surface area contributed by atoms with Gasteiger partial charge in [0.2, 0.25) is 0 Å². The van der Waals surface area contributed by atoms with Gasteiger partial charge in [0.1, 0.15) is 0 Å². The number of nitrogens with two attached hydrogens (primary N) is 1. The molecule has 0 aromatic rings. The molecule has 9 heteroatoms. The van der Waals surface area contributed by atoms with Gasteiger partial charge in [0.05, 0.1) is 19.6 Å². The van der Waals surface area contributed by atoms with Gasteiger partial charge in [-0.1, -0.05) is 0 Å². The van der Waals surface area contributed by atoms with E-state index in [1.807, 2.05) is 0 Å². The minimum atomic E-state index is -5.42. The Morgan fingerprint density at radius 2 is 0.933 bits per heavy atom. The third-order valence-corrected chi connectivity index (χ3v) is 1.89. The first kappa shape index (κ1) is 19.8. The molecule has 0 aromatic heterocycles. The van der Waals surface area contributed by atoms with E-state index < -0.39 is 9.14 Å². The standard InChI is InChI=1S/C6H17N2.6ClH.Sb/c1-4-8(7,5-2)6-3;;;;;;;/h4-7H2,1-3H3;6*1H;/q+1;;;;;;;+5/p-6. The molecule has 15 heavy (non-hydrogen) atoms. The molecule has 0 unspecified atom stereocenters.